The number of rotatable bonds is 12. The molecule has 0 fully saturated rings. The van der Waals surface area contributed by atoms with Gasteiger partial charge in [0.15, 0.2) is 0 Å². The number of hydrogen-bond donors (Lipinski definition) is 0. The first-order valence-electron chi connectivity index (χ1n) is 8.60. The molecular weight excluding hydrogens is 258 g/mol. The van der Waals surface area contributed by atoms with Crippen molar-refractivity contribution in [2.75, 3.05) is 13.1 Å². The molecule has 0 aromatic rings. The molecule has 0 saturated heterocycles. The topological polar surface area (TPSA) is 20.3 Å². The summed E-state index contributed by atoms with van der Waals surface area (Å²) >= 11 is 0. The molecule has 0 aliphatic heterocycles. The highest BCUT2D eigenvalue weighted by Gasteiger charge is 2.08. The fourth-order valence-corrected chi connectivity index (χ4v) is 2.37. The zero-order valence-electron chi connectivity index (χ0n) is 14.8. The van der Waals surface area contributed by atoms with Gasteiger partial charge in [-0.2, -0.15) is 0 Å². The summed E-state index contributed by atoms with van der Waals surface area (Å²) in [6.45, 7) is 12.8. The zero-order valence-corrected chi connectivity index (χ0v) is 14.8. The smallest absolute Gasteiger partial charge is 0.209 e. The van der Waals surface area contributed by atoms with Gasteiger partial charge in [-0.1, -0.05) is 52.3 Å². The summed E-state index contributed by atoms with van der Waals surface area (Å²) < 4.78 is 0. The summed E-state index contributed by atoms with van der Waals surface area (Å²) in [5, 5.41) is 0. The average molecular weight is 293 g/mol. The molecule has 0 aromatic heterocycles. The number of carbonyl (C=O) groups is 1. The summed E-state index contributed by atoms with van der Waals surface area (Å²) in [5.74, 6) is 1.28. The predicted molar refractivity (Wildman–Crippen MR) is 93.3 cm³/mol. The first kappa shape index (κ1) is 19.9. The van der Waals surface area contributed by atoms with E-state index < -0.39 is 0 Å². The van der Waals surface area contributed by atoms with E-state index in [1.54, 1.807) is 0 Å². The maximum absolute atomic E-state index is 11.1. The van der Waals surface area contributed by atoms with Crippen molar-refractivity contribution in [2.45, 2.75) is 66.7 Å². The van der Waals surface area contributed by atoms with Gasteiger partial charge in [0.05, 0.1) is 0 Å². The molecule has 0 aromatic carbocycles. The first-order chi connectivity index (χ1) is 10.1. The van der Waals surface area contributed by atoms with Crippen molar-refractivity contribution in [1.29, 1.82) is 0 Å². The van der Waals surface area contributed by atoms with Crippen molar-refractivity contribution in [3.8, 4) is 0 Å². The Bertz CT molecular complexity index is 320. The Morgan fingerprint density at radius 2 is 1.86 bits per heavy atom. The molecule has 2 atom stereocenters. The maximum Gasteiger partial charge on any atom is 0.209 e. The van der Waals surface area contributed by atoms with Crippen LogP contribution < -0.4 is 0 Å². The van der Waals surface area contributed by atoms with Gasteiger partial charge in [-0.15, -0.1) is 0 Å². The van der Waals surface area contributed by atoms with Crippen LogP contribution >= 0.6 is 0 Å². The minimum absolute atomic E-state index is 0.570. The van der Waals surface area contributed by atoms with Crippen LogP contribution in [0.25, 0.3) is 0 Å². The molecule has 0 radical (unpaired) electrons. The molecule has 21 heavy (non-hydrogen) atoms. The Morgan fingerprint density at radius 1 is 1.14 bits per heavy atom. The fraction of sp³-hybridized carbons (Fsp3) is 0.737. The Kier molecular flexibility index (Phi) is 12.0. The van der Waals surface area contributed by atoms with E-state index in [1.807, 2.05) is 4.90 Å². The van der Waals surface area contributed by atoms with E-state index in [1.165, 1.54) is 12.0 Å². The monoisotopic (exact) mass is 293 g/mol. The van der Waals surface area contributed by atoms with Crippen molar-refractivity contribution >= 4 is 6.41 Å². The molecule has 0 aliphatic carbocycles. The van der Waals surface area contributed by atoms with E-state index in [4.69, 9.17) is 0 Å². The van der Waals surface area contributed by atoms with Crippen molar-refractivity contribution in [2.24, 2.45) is 11.8 Å². The Labute approximate surface area is 132 Å². The van der Waals surface area contributed by atoms with Crippen LogP contribution in [0.3, 0.4) is 0 Å². The van der Waals surface area contributed by atoms with Gasteiger partial charge in [-0.05, 0) is 50.0 Å². The number of amides is 1. The van der Waals surface area contributed by atoms with Gasteiger partial charge < -0.3 is 4.90 Å². The summed E-state index contributed by atoms with van der Waals surface area (Å²) in [6.07, 6.45) is 13.3. The lowest BCUT2D eigenvalue weighted by molar-refractivity contribution is -0.118. The van der Waals surface area contributed by atoms with Gasteiger partial charge in [0.1, 0.15) is 0 Å². The Morgan fingerprint density at radius 3 is 2.38 bits per heavy atom. The number of nitrogens with zero attached hydrogens (tertiary/aromatic N) is 1. The molecule has 122 valence electrons. The molecule has 2 nitrogen and oxygen atoms in total. The van der Waals surface area contributed by atoms with E-state index in [0.29, 0.717) is 11.8 Å². The molecule has 0 spiro atoms. The molecular formula is C19H35NO. The zero-order chi connectivity index (χ0) is 16.1. The molecule has 0 saturated carbocycles. The highest BCUT2D eigenvalue weighted by Crippen LogP contribution is 2.18. The van der Waals surface area contributed by atoms with Gasteiger partial charge in [0, 0.05) is 13.1 Å². The highest BCUT2D eigenvalue weighted by atomic mass is 16.1. The van der Waals surface area contributed by atoms with E-state index in [0.717, 1.165) is 45.2 Å². The minimum atomic E-state index is 0.570. The minimum Gasteiger partial charge on any atom is -0.345 e. The van der Waals surface area contributed by atoms with Crippen molar-refractivity contribution in [3.63, 3.8) is 0 Å². The Balaban J connectivity index is 4.08. The second kappa shape index (κ2) is 12.7. The van der Waals surface area contributed by atoms with Crippen LogP contribution in [-0.2, 0) is 4.79 Å². The van der Waals surface area contributed by atoms with Crippen molar-refractivity contribution in [1.82, 2.24) is 4.90 Å². The second-order valence-corrected chi connectivity index (χ2v) is 6.09. The summed E-state index contributed by atoms with van der Waals surface area (Å²) in [4.78, 5) is 13.1. The molecule has 0 bridgehead atoms. The third kappa shape index (κ3) is 9.49. The predicted octanol–water partition coefficient (Wildman–Crippen LogP) is 5.21. The number of carbonyl (C=O) groups excluding carboxylic acids is 1. The van der Waals surface area contributed by atoms with E-state index >= 15 is 0 Å². The number of allylic oxidation sites excluding steroid dienone is 4. The van der Waals surface area contributed by atoms with Crippen LogP contribution in [-0.4, -0.2) is 24.4 Å². The van der Waals surface area contributed by atoms with E-state index in [2.05, 4.69) is 52.8 Å². The maximum atomic E-state index is 11.1. The van der Waals surface area contributed by atoms with Gasteiger partial charge in [0.2, 0.25) is 6.41 Å². The van der Waals surface area contributed by atoms with Gasteiger partial charge in [0.25, 0.3) is 0 Å². The van der Waals surface area contributed by atoms with E-state index in [9.17, 15) is 4.79 Å². The molecule has 1 amide bonds. The molecule has 0 aliphatic rings. The van der Waals surface area contributed by atoms with Gasteiger partial charge in [-0.3, -0.25) is 4.79 Å². The van der Waals surface area contributed by atoms with Crippen LogP contribution in [0.4, 0.5) is 0 Å². The Hall–Kier alpha value is -1.05. The van der Waals surface area contributed by atoms with Crippen LogP contribution in [0, 0.1) is 11.8 Å². The van der Waals surface area contributed by atoms with Gasteiger partial charge >= 0.3 is 0 Å². The normalized spacial score (nSPS) is 15.2. The molecule has 0 rings (SSSR count). The number of hydrogen-bond acceptors (Lipinski definition) is 1. The molecule has 0 N–H and O–H groups in total. The third-order valence-corrected chi connectivity index (χ3v) is 4.29. The highest BCUT2D eigenvalue weighted by molar-refractivity contribution is 5.46. The summed E-state index contributed by atoms with van der Waals surface area (Å²) in [7, 11) is 0. The van der Waals surface area contributed by atoms with Crippen LogP contribution in [0.2, 0.25) is 0 Å². The first-order valence-corrected chi connectivity index (χ1v) is 8.60. The molecule has 2 unspecified atom stereocenters. The molecule has 0 heterocycles. The van der Waals surface area contributed by atoms with Crippen LogP contribution in [0.1, 0.15) is 66.7 Å². The fourth-order valence-electron chi connectivity index (χ4n) is 2.37. The van der Waals surface area contributed by atoms with E-state index in [-0.39, 0.29) is 0 Å². The SMILES string of the molecule is C/C=C(\C=C/CC)C(C)CCCN(C=O)CCC(C)CC. The summed E-state index contributed by atoms with van der Waals surface area (Å²) in [6, 6.07) is 0. The third-order valence-electron chi connectivity index (χ3n) is 4.29. The quantitative estimate of drug-likeness (QED) is 0.357. The van der Waals surface area contributed by atoms with Crippen molar-refractivity contribution < 1.29 is 4.79 Å². The average Bonchev–Trinajstić information content (AvgIpc) is 2.50. The van der Waals surface area contributed by atoms with Crippen LogP contribution in [0.5, 0.6) is 0 Å². The molecule has 2 heteroatoms. The lowest BCUT2D eigenvalue weighted by Crippen LogP contribution is -2.25. The standard InChI is InChI=1S/C19H35NO/c1-6-9-12-19(8-3)18(5)11-10-14-20(16-21)15-13-17(4)7-2/h8-9,12,16-18H,6-7,10-11,13-15H2,1-5H3/b12-9-,19-8+. The van der Waals surface area contributed by atoms with Crippen LogP contribution in [0.15, 0.2) is 23.8 Å². The van der Waals surface area contributed by atoms with Gasteiger partial charge in [-0.25, -0.2) is 0 Å². The summed E-state index contributed by atoms with van der Waals surface area (Å²) in [5.41, 5.74) is 1.41. The lowest BCUT2D eigenvalue weighted by atomic mass is 9.95. The second-order valence-electron chi connectivity index (χ2n) is 6.09. The lowest BCUT2D eigenvalue weighted by Gasteiger charge is -2.20. The van der Waals surface area contributed by atoms with Crippen molar-refractivity contribution in [3.05, 3.63) is 23.8 Å². The largest absolute Gasteiger partial charge is 0.345 e.